The van der Waals surface area contributed by atoms with Crippen molar-refractivity contribution in [3.8, 4) is 6.07 Å². The molecule has 1 aromatic carbocycles. The third-order valence-electron chi connectivity index (χ3n) is 6.35. The fraction of sp³-hybridized carbons (Fsp3) is 0.385. The van der Waals surface area contributed by atoms with Gasteiger partial charge in [0.1, 0.15) is 16.9 Å². The van der Waals surface area contributed by atoms with Gasteiger partial charge in [-0.25, -0.2) is 13.4 Å². The number of aryl methyl sites for hydroxylation is 2. The van der Waals surface area contributed by atoms with Crippen LogP contribution in [-0.2, 0) is 27.7 Å². The highest BCUT2D eigenvalue weighted by Gasteiger charge is 2.30. The SMILES string of the molecule is Cc1cc(NS(=O)(=O)c2ccc(NC(=O)CSc3nc4c(cc3C#N)CC(C(C)(C)C)CC4)cc2)no1. The lowest BCUT2D eigenvalue weighted by molar-refractivity contribution is -0.113. The van der Waals surface area contributed by atoms with Gasteiger partial charge in [0.2, 0.25) is 5.91 Å². The fourth-order valence-electron chi connectivity index (χ4n) is 4.23. The van der Waals surface area contributed by atoms with E-state index in [1.54, 1.807) is 6.92 Å². The van der Waals surface area contributed by atoms with E-state index < -0.39 is 10.0 Å². The highest BCUT2D eigenvalue weighted by Crippen LogP contribution is 2.38. The summed E-state index contributed by atoms with van der Waals surface area (Å²) in [6, 6.07) is 11.4. The summed E-state index contributed by atoms with van der Waals surface area (Å²) >= 11 is 1.22. The number of nitriles is 1. The second-order valence-corrected chi connectivity index (χ2v) is 12.8. The number of carbonyl (C=O) groups is 1. The van der Waals surface area contributed by atoms with Crippen molar-refractivity contribution >= 4 is 39.2 Å². The number of rotatable bonds is 7. The topological polar surface area (TPSA) is 138 Å². The molecule has 1 aliphatic carbocycles. The van der Waals surface area contributed by atoms with Gasteiger partial charge in [-0.3, -0.25) is 9.52 Å². The van der Waals surface area contributed by atoms with Gasteiger partial charge in [-0.1, -0.05) is 37.7 Å². The first-order chi connectivity index (χ1) is 17.4. The summed E-state index contributed by atoms with van der Waals surface area (Å²) in [7, 11) is -3.85. The number of aromatic nitrogens is 2. The third-order valence-corrected chi connectivity index (χ3v) is 8.71. The number of thioether (sulfide) groups is 1. The average molecular weight is 540 g/mol. The van der Waals surface area contributed by atoms with Crippen LogP contribution in [0.4, 0.5) is 11.5 Å². The molecule has 1 unspecified atom stereocenters. The van der Waals surface area contributed by atoms with Crippen LogP contribution in [0, 0.1) is 29.6 Å². The highest BCUT2D eigenvalue weighted by molar-refractivity contribution is 8.00. The van der Waals surface area contributed by atoms with Crippen LogP contribution in [0.25, 0.3) is 0 Å². The van der Waals surface area contributed by atoms with Crippen LogP contribution in [0.1, 0.15) is 49.8 Å². The minimum absolute atomic E-state index is 0.0196. The quantitative estimate of drug-likeness (QED) is 0.403. The molecule has 1 aliphatic rings. The highest BCUT2D eigenvalue weighted by atomic mass is 32.2. The zero-order valence-corrected chi connectivity index (χ0v) is 22.8. The molecule has 0 bridgehead atoms. The van der Waals surface area contributed by atoms with E-state index in [2.05, 4.69) is 42.0 Å². The van der Waals surface area contributed by atoms with Crippen LogP contribution in [0.5, 0.6) is 0 Å². The van der Waals surface area contributed by atoms with Crippen molar-refractivity contribution in [2.24, 2.45) is 11.3 Å². The predicted molar refractivity (Wildman–Crippen MR) is 142 cm³/mol. The van der Waals surface area contributed by atoms with E-state index in [0.29, 0.717) is 28.0 Å². The molecule has 2 N–H and O–H groups in total. The van der Waals surface area contributed by atoms with Gasteiger partial charge in [0.25, 0.3) is 10.0 Å². The van der Waals surface area contributed by atoms with E-state index in [1.807, 2.05) is 6.07 Å². The molecule has 37 heavy (non-hydrogen) atoms. The number of pyridine rings is 1. The maximum atomic E-state index is 12.6. The minimum atomic E-state index is -3.85. The standard InChI is InChI=1S/C26H29N5O4S2/c1-16-11-23(30-35-16)31-37(33,34)21-8-6-20(7-9-21)28-24(32)15-36-25-18(14-27)12-17-13-19(26(2,3)4)5-10-22(17)29-25/h6-9,11-12,19H,5,10,13,15H2,1-4H3,(H,28,32)(H,30,31). The zero-order chi connectivity index (χ0) is 26.8. The number of hydrogen-bond acceptors (Lipinski definition) is 8. The number of benzene rings is 1. The number of nitrogens with one attached hydrogen (secondary N) is 2. The van der Waals surface area contributed by atoms with Crippen molar-refractivity contribution in [2.45, 2.75) is 56.9 Å². The normalized spacial score (nSPS) is 15.5. The maximum absolute atomic E-state index is 12.6. The molecule has 11 heteroatoms. The molecule has 0 spiro atoms. The molecule has 2 heterocycles. The molecule has 0 saturated heterocycles. The molecule has 2 aromatic heterocycles. The second kappa shape index (κ2) is 10.6. The summed E-state index contributed by atoms with van der Waals surface area (Å²) in [5.41, 5.74) is 3.27. The van der Waals surface area contributed by atoms with Gasteiger partial charge in [-0.05, 0) is 73.4 Å². The van der Waals surface area contributed by atoms with Crippen molar-refractivity contribution in [3.05, 3.63) is 59.0 Å². The molecule has 194 valence electrons. The van der Waals surface area contributed by atoms with Gasteiger partial charge in [0.15, 0.2) is 5.82 Å². The number of fused-ring (bicyclic) bond motifs is 1. The second-order valence-electron chi connectivity index (χ2n) is 10.2. The van der Waals surface area contributed by atoms with Crippen LogP contribution in [0.2, 0.25) is 0 Å². The maximum Gasteiger partial charge on any atom is 0.263 e. The monoisotopic (exact) mass is 539 g/mol. The van der Waals surface area contributed by atoms with Crippen LogP contribution in [0.15, 0.2) is 50.8 Å². The summed E-state index contributed by atoms with van der Waals surface area (Å²) in [4.78, 5) is 17.3. The Morgan fingerprint density at radius 3 is 2.59 bits per heavy atom. The van der Waals surface area contributed by atoms with Crippen molar-refractivity contribution in [3.63, 3.8) is 0 Å². The summed E-state index contributed by atoms with van der Waals surface area (Å²) < 4.78 is 32.2. The van der Waals surface area contributed by atoms with Gasteiger partial charge in [-0.2, -0.15) is 5.26 Å². The van der Waals surface area contributed by atoms with Crippen LogP contribution in [0.3, 0.4) is 0 Å². The molecule has 1 amide bonds. The van der Waals surface area contributed by atoms with Gasteiger partial charge < -0.3 is 9.84 Å². The Bertz CT molecular complexity index is 1450. The first-order valence-electron chi connectivity index (χ1n) is 11.9. The number of amides is 1. The summed E-state index contributed by atoms with van der Waals surface area (Å²) in [5.74, 6) is 0.899. The Kier molecular flexibility index (Phi) is 7.62. The van der Waals surface area contributed by atoms with Crippen LogP contribution < -0.4 is 10.0 Å². The fourth-order valence-corrected chi connectivity index (χ4v) is 5.99. The number of nitrogens with zero attached hydrogens (tertiary/aromatic N) is 3. The smallest absolute Gasteiger partial charge is 0.263 e. The molecule has 0 fully saturated rings. The van der Waals surface area contributed by atoms with Crippen LogP contribution >= 0.6 is 11.8 Å². The molecular weight excluding hydrogens is 510 g/mol. The Balaban J connectivity index is 1.37. The van der Waals surface area contributed by atoms with E-state index in [-0.39, 0.29) is 27.8 Å². The number of carbonyl (C=O) groups excluding carboxylic acids is 1. The van der Waals surface area contributed by atoms with E-state index in [4.69, 9.17) is 9.51 Å². The first-order valence-corrected chi connectivity index (χ1v) is 14.3. The van der Waals surface area contributed by atoms with Crippen LogP contribution in [-0.4, -0.2) is 30.2 Å². The van der Waals surface area contributed by atoms with Gasteiger partial charge in [0.05, 0.1) is 16.2 Å². The van der Waals surface area contributed by atoms with E-state index in [1.165, 1.54) is 42.1 Å². The van der Waals surface area contributed by atoms with E-state index in [0.717, 1.165) is 30.5 Å². The lowest BCUT2D eigenvalue weighted by Gasteiger charge is -2.34. The largest absolute Gasteiger partial charge is 0.360 e. The summed E-state index contributed by atoms with van der Waals surface area (Å²) in [6.07, 6.45) is 2.83. The number of hydrogen-bond donors (Lipinski definition) is 2. The molecular formula is C26H29N5O4S2. The lowest BCUT2D eigenvalue weighted by Crippen LogP contribution is -2.27. The summed E-state index contributed by atoms with van der Waals surface area (Å²) in [6.45, 7) is 8.39. The Morgan fingerprint density at radius 1 is 1.24 bits per heavy atom. The molecule has 0 radical (unpaired) electrons. The summed E-state index contributed by atoms with van der Waals surface area (Å²) in [5, 5.41) is 16.6. The van der Waals surface area contributed by atoms with Gasteiger partial charge in [0, 0.05) is 17.4 Å². The number of anilines is 2. The molecule has 9 nitrogen and oxygen atoms in total. The zero-order valence-electron chi connectivity index (χ0n) is 21.2. The van der Waals surface area contributed by atoms with Crippen molar-refractivity contribution in [2.75, 3.05) is 15.8 Å². The Labute approximate surface area is 221 Å². The molecule has 0 saturated carbocycles. The molecule has 4 rings (SSSR count). The average Bonchev–Trinajstić information content (AvgIpc) is 3.25. The molecule has 3 aromatic rings. The Hall–Kier alpha value is -3.36. The van der Waals surface area contributed by atoms with E-state index >= 15 is 0 Å². The minimum Gasteiger partial charge on any atom is -0.360 e. The third kappa shape index (κ3) is 6.50. The van der Waals surface area contributed by atoms with Gasteiger partial charge in [-0.15, -0.1) is 0 Å². The molecule has 1 atom stereocenters. The molecule has 0 aliphatic heterocycles. The Morgan fingerprint density at radius 2 is 1.97 bits per heavy atom. The lowest BCUT2D eigenvalue weighted by atomic mass is 9.71. The number of sulfonamides is 1. The predicted octanol–water partition coefficient (Wildman–Crippen LogP) is 4.93. The van der Waals surface area contributed by atoms with Crippen molar-refractivity contribution < 1.29 is 17.7 Å². The first kappa shape index (κ1) is 26.7. The van der Waals surface area contributed by atoms with Crippen molar-refractivity contribution in [1.29, 1.82) is 5.26 Å². The van der Waals surface area contributed by atoms with Gasteiger partial charge >= 0.3 is 0 Å². The van der Waals surface area contributed by atoms with Crippen molar-refractivity contribution in [1.82, 2.24) is 10.1 Å². The van der Waals surface area contributed by atoms with E-state index in [9.17, 15) is 18.5 Å².